The van der Waals surface area contributed by atoms with Crippen LogP contribution in [0.15, 0.2) is 54.6 Å². The first-order chi connectivity index (χ1) is 14.7. The van der Waals surface area contributed by atoms with Crippen LogP contribution in [0.2, 0.25) is 0 Å². The zero-order chi connectivity index (χ0) is 21.2. The van der Waals surface area contributed by atoms with Crippen LogP contribution < -0.4 is 20.3 Å². The van der Waals surface area contributed by atoms with E-state index in [1.807, 2.05) is 13.0 Å². The number of nitrogens with zero attached hydrogens (tertiary/aromatic N) is 2. The van der Waals surface area contributed by atoms with Crippen LogP contribution in [-0.2, 0) is 9.59 Å². The number of hydrogen-bond acceptors (Lipinski definition) is 5. The number of carbonyl (C=O) groups excluding carboxylic acids is 2. The quantitative estimate of drug-likeness (QED) is 0.516. The normalized spacial score (nSPS) is 14.2. The molecule has 0 atom stereocenters. The number of rotatable bonds is 8. The van der Waals surface area contributed by atoms with E-state index in [0.717, 1.165) is 44.9 Å². The number of nitrogens with one attached hydrogen (secondary N) is 2. The maximum atomic E-state index is 12.0. The summed E-state index contributed by atoms with van der Waals surface area (Å²) in [7, 11) is 0. The second-order valence-corrected chi connectivity index (χ2v) is 7.19. The molecular weight excluding hydrogens is 380 g/mol. The number of anilines is 2. The fraction of sp³-hybridized carbons (Fsp3) is 0.391. The lowest BCUT2D eigenvalue weighted by atomic mass is 10.2. The molecule has 0 radical (unpaired) electrons. The van der Waals surface area contributed by atoms with Crippen molar-refractivity contribution in [3.05, 3.63) is 54.6 Å². The Morgan fingerprint density at radius 3 is 2.30 bits per heavy atom. The number of ether oxygens (including phenoxy) is 1. The van der Waals surface area contributed by atoms with Gasteiger partial charge in [0, 0.05) is 44.1 Å². The first-order valence-corrected chi connectivity index (χ1v) is 10.5. The van der Waals surface area contributed by atoms with Crippen LogP contribution in [0.25, 0.3) is 0 Å². The maximum absolute atomic E-state index is 12.0. The monoisotopic (exact) mass is 410 g/mol. The molecule has 0 unspecified atom stereocenters. The molecule has 0 aliphatic carbocycles. The minimum atomic E-state index is -0.657. The third kappa shape index (κ3) is 6.49. The van der Waals surface area contributed by atoms with Crippen LogP contribution in [-0.4, -0.2) is 62.6 Å². The number of para-hydroxylation sites is 1. The van der Waals surface area contributed by atoms with Gasteiger partial charge in [-0.25, -0.2) is 0 Å². The first kappa shape index (κ1) is 21.6. The molecule has 160 valence electrons. The van der Waals surface area contributed by atoms with E-state index in [0.29, 0.717) is 18.8 Å². The molecule has 1 aliphatic heterocycles. The van der Waals surface area contributed by atoms with Gasteiger partial charge in [-0.1, -0.05) is 18.2 Å². The van der Waals surface area contributed by atoms with E-state index < -0.39 is 11.8 Å². The van der Waals surface area contributed by atoms with Crippen LogP contribution in [0.5, 0.6) is 5.75 Å². The summed E-state index contributed by atoms with van der Waals surface area (Å²) >= 11 is 0. The molecular formula is C23H30N4O3. The molecule has 2 amide bonds. The van der Waals surface area contributed by atoms with Gasteiger partial charge in [0.05, 0.1) is 6.61 Å². The van der Waals surface area contributed by atoms with Gasteiger partial charge in [0.25, 0.3) is 0 Å². The van der Waals surface area contributed by atoms with Gasteiger partial charge in [-0.05, 0) is 56.3 Å². The van der Waals surface area contributed by atoms with Crippen molar-refractivity contribution in [2.75, 3.05) is 56.1 Å². The number of carbonyl (C=O) groups is 2. The molecule has 2 aromatic rings. The predicted octanol–water partition coefficient (Wildman–Crippen LogP) is 2.35. The Hall–Kier alpha value is -3.06. The van der Waals surface area contributed by atoms with Gasteiger partial charge in [0.2, 0.25) is 0 Å². The topological polar surface area (TPSA) is 73.9 Å². The van der Waals surface area contributed by atoms with E-state index in [1.54, 1.807) is 24.3 Å². The van der Waals surface area contributed by atoms with Crippen molar-refractivity contribution in [3.8, 4) is 5.75 Å². The number of piperazine rings is 1. The highest BCUT2D eigenvalue weighted by Crippen LogP contribution is 2.16. The Morgan fingerprint density at radius 2 is 1.63 bits per heavy atom. The lowest BCUT2D eigenvalue weighted by Crippen LogP contribution is -2.47. The van der Waals surface area contributed by atoms with E-state index in [2.05, 4.69) is 44.7 Å². The molecule has 2 aromatic carbocycles. The van der Waals surface area contributed by atoms with Gasteiger partial charge in [0.15, 0.2) is 0 Å². The number of benzene rings is 2. The van der Waals surface area contributed by atoms with Gasteiger partial charge in [-0.2, -0.15) is 0 Å². The van der Waals surface area contributed by atoms with Gasteiger partial charge in [-0.3, -0.25) is 14.5 Å². The molecule has 0 bridgehead atoms. The molecule has 1 aliphatic rings. The van der Waals surface area contributed by atoms with Crippen molar-refractivity contribution < 1.29 is 14.3 Å². The molecule has 0 aromatic heterocycles. The van der Waals surface area contributed by atoms with Gasteiger partial charge in [0.1, 0.15) is 5.75 Å². The van der Waals surface area contributed by atoms with Crippen molar-refractivity contribution in [2.45, 2.75) is 13.3 Å². The smallest absolute Gasteiger partial charge is 0.313 e. The Balaban J connectivity index is 1.30. The molecule has 2 N–H and O–H groups in total. The summed E-state index contributed by atoms with van der Waals surface area (Å²) in [5.41, 5.74) is 1.83. The van der Waals surface area contributed by atoms with Crippen LogP contribution >= 0.6 is 0 Å². The van der Waals surface area contributed by atoms with Crippen molar-refractivity contribution in [1.82, 2.24) is 10.2 Å². The molecule has 0 spiro atoms. The molecule has 1 heterocycles. The zero-order valence-electron chi connectivity index (χ0n) is 17.5. The summed E-state index contributed by atoms with van der Waals surface area (Å²) < 4.78 is 5.36. The second-order valence-electron chi connectivity index (χ2n) is 7.19. The lowest BCUT2D eigenvalue weighted by Gasteiger charge is -2.36. The van der Waals surface area contributed by atoms with Crippen LogP contribution in [0, 0.1) is 0 Å². The lowest BCUT2D eigenvalue weighted by molar-refractivity contribution is -0.136. The Bertz CT molecular complexity index is 803. The summed E-state index contributed by atoms with van der Waals surface area (Å²) in [5, 5.41) is 5.30. The van der Waals surface area contributed by atoms with Gasteiger partial charge >= 0.3 is 11.8 Å². The molecule has 0 saturated carbocycles. The minimum absolute atomic E-state index is 0.481. The summed E-state index contributed by atoms with van der Waals surface area (Å²) in [6, 6.07) is 17.4. The maximum Gasteiger partial charge on any atom is 0.313 e. The minimum Gasteiger partial charge on any atom is -0.494 e. The Kier molecular flexibility index (Phi) is 8.09. The molecule has 7 nitrogen and oxygen atoms in total. The van der Waals surface area contributed by atoms with Crippen LogP contribution in [0.1, 0.15) is 13.3 Å². The van der Waals surface area contributed by atoms with E-state index in [1.165, 1.54) is 5.69 Å². The third-order valence-electron chi connectivity index (χ3n) is 5.06. The highest BCUT2D eigenvalue weighted by molar-refractivity contribution is 6.39. The summed E-state index contributed by atoms with van der Waals surface area (Å²) in [4.78, 5) is 28.8. The van der Waals surface area contributed by atoms with Crippen molar-refractivity contribution >= 4 is 23.2 Å². The Morgan fingerprint density at radius 1 is 0.933 bits per heavy atom. The average molecular weight is 411 g/mol. The van der Waals surface area contributed by atoms with Crippen molar-refractivity contribution in [3.63, 3.8) is 0 Å². The fourth-order valence-electron chi connectivity index (χ4n) is 3.44. The molecule has 1 saturated heterocycles. The van der Waals surface area contributed by atoms with E-state index in [-0.39, 0.29) is 0 Å². The number of amides is 2. The van der Waals surface area contributed by atoms with Crippen molar-refractivity contribution in [2.24, 2.45) is 0 Å². The summed E-state index contributed by atoms with van der Waals surface area (Å²) in [6.45, 7) is 7.88. The summed E-state index contributed by atoms with van der Waals surface area (Å²) in [5.74, 6) is -0.544. The summed E-state index contributed by atoms with van der Waals surface area (Å²) in [6.07, 6.45) is 0.813. The third-order valence-corrected chi connectivity index (χ3v) is 5.06. The van der Waals surface area contributed by atoms with Crippen molar-refractivity contribution in [1.29, 1.82) is 0 Å². The Labute approximate surface area is 178 Å². The predicted molar refractivity (Wildman–Crippen MR) is 119 cm³/mol. The van der Waals surface area contributed by atoms with Gasteiger partial charge in [-0.15, -0.1) is 0 Å². The van der Waals surface area contributed by atoms with Gasteiger partial charge < -0.3 is 20.3 Å². The molecule has 30 heavy (non-hydrogen) atoms. The molecule has 1 fully saturated rings. The zero-order valence-corrected chi connectivity index (χ0v) is 17.5. The van der Waals surface area contributed by atoms with Crippen LogP contribution in [0.4, 0.5) is 11.4 Å². The van der Waals surface area contributed by atoms with E-state index >= 15 is 0 Å². The second kappa shape index (κ2) is 11.2. The fourth-order valence-corrected chi connectivity index (χ4v) is 3.44. The van der Waals surface area contributed by atoms with Crippen LogP contribution in [0.3, 0.4) is 0 Å². The molecule has 7 heteroatoms. The average Bonchev–Trinajstić information content (AvgIpc) is 2.79. The highest BCUT2D eigenvalue weighted by Gasteiger charge is 2.17. The van der Waals surface area contributed by atoms with E-state index in [4.69, 9.17) is 4.74 Å². The molecule has 3 rings (SSSR count). The first-order valence-electron chi connectivity index (χ1n) is 10.5. The largest absolute Gasteiger partial charge is 0.494 e. The highest BCUT2D eigenvalue weighted by atomic mass is 16.5. The van der Waals surface area contributed by atoms with E-state index in [9.17, 15) is 9.59 Å². The standard InChI is InChI=1S/C23H30N4O3/c1-2-30-21-11-9-19(10-12-21)25-23(29)22(28)24-13-6-14-26-15-17-27(18-16-26)20-7-4-3-5-8-20/h3-5,7-12H,2,6,13-18H2,1H3,(H,24,28)(H,25,29). The number of hydrogen-bond donors (Lipinski definition) is 2. The SMILES string of the molecule is CCOc1ccc(NC(=O)C(=O)NCCCN2CCN(c3ccccc3)CC2)cc1.